The van der Waals surface area contributed by atoms with Crippen LogP contribution in [0.1, 0.15) is 66.7 Å². The second-order valence-corrected chi connectivity index (χ2v) is 11.7. The zero-order valence-electron chi connectivity index (χ0n) is 22.6. The molecule has 1 N–H and O–H groups in total. The molecule has 8 atom stereocenters. The van der Waals surface area contributed by atoms with E-state index in [-0.39, 0.29) is 48.9 Å². The number of Topliss-reactive ketones (excluding diaryl/α,β-unsaturated/α-hetero) is 1. The van der Waals surface area contributed by atoms with Crippen molar-refractivity contribution in [1.29, 1.82) is 0 Å². The van der Waals surface area contributed by atoms with Crippen LogP contribution in [0.4, 0.5) is 0 Å². The van der Waals surface area contributed by atoms with Crippen molar-refractivity contribution in [2.24, 2.45) is 34.5 Å². The van der Waals surface area contributed by atoms with Gasteiger partial charge in [0.1, 0.15) is 0 Å². The molecule has 8 heteroatoms. The average molecular weight is 517 g/mol. The maximum Gasteiger partial charge on any atom is 0.309 e. The summed E-state index contributed by atoms with van der Waals surface area (Å²) in [6.45, 7) is 9.41. The molecular formula is C29H40O8. The molecule has 4 aliphatic carbocycles. The van der Waals surface area contributed by atoms with E-state index in [1.807, 2.05) is 19.9 Å². The Hall–Kier alpha value is -2.32. The van der Waals surface area contributed by atoms with Crippen molar-refractivity contribution in [3.05, 3.63) is 23.8 Å². The number of fused-ring (bicyclic) bond motifs is 5. The highest BCUT2D eigenvalue weighted by atomic mass is 16.6. The predicted molar refractivity (Wildman–Crippen MR) is 134 cm³/mol. The number of carbonyl (C=O) groups excluding carboxylic acids is 4. The number of esters is 2. The lowest BCUT2D eigenvalue weighted by Gasteiger charge is -2.61. The Labute approximate surface area is 218 Å². The summed E-state index contributed by atoms with van der Waals surface area (Å²) in [5, 5.41) is 11.7. The summed E-state index contributed by atoms with van der Waals surface area (Å²) in [5.74, 6) is -1.50. The van der Waals surface area contributed by atoms with Crippen molar-refractivity contribution < 1.29 is 38.5 Å². The van der Waals surface area contributed by atoms with Gasteiger partial charge in [-0.1, -0.05) is 32.4 Å². The van der Waals surface area contributed by atoms with Crippen LogP contribution in [0.2, 0.25) is 0 Å². The Kier molecular flexibility index (Phi) is 7.56. The quantitative estimate of drug-likeness (QED) is 0.386. The molecule has 4 aliphatic rings. The standard InChI is InChI=1S/C29H40O8/c1-6-35-12-9-25(34)37-29(24(33)16-36-18(3)30)11-8-21-20-13-17(2)22-14-19(31)7-10-27(22,4)26(20)23(32)15-28(21,29)5/h7,10,14,17,20-21,23,26,32H,6,8-9,11-13,15-16H2,1-5H3/t17?,20-,21-,23?,26+,27-,28-,29-/m0/s1. The third-order valence-corrected chi connectivity index (χ3v) is 9.74. The van der Waals surface area contributed by atoms with Gasteiger partial charge in [0.15, 0.2) is 18.0 Å². The van der Waals surface area contributed by atoms with Crippen LogP contribution in [0.5, 0.6) is 0 Å². The fourth-order valence-electron chi connectivity index (χ4n) is 8.25. The molecule has 0 spiro atoms. The fraction of sp³-hybridized carbons (Fsp3) is 0.724. The van der Waals surface area contributed by atoms with Gasteiger partial charge in [0.2, 0.25) is 5.78 Å². The molecule has 0 bridgehead atoms. The summed E-state index contributed by atoms with van der Waals surface area (Å²) in [6.07, 6.45) is 6.51. The van der Waals surface area contributed by atoms with Gasteiger partial charge in [-0.05, 0) is 62.5 Å². The Bertz CT molecular complexity index is 1030. The molecule has 0 radical (unpaired) electrons. The lowest BCUT2D eigenvalue weighted by Crippen LogP contribution is -2.63. The first-order chi connectivity index (χ1) is 17.4. The van der Waals surface area contributed by atoms with E-state index in [1.165, 1.54) is 6.92 Å². The first kappa shape index (κ1) is 27.7. The Morgan fingerprint density at radius 1 is 1.22 bits per heavy atom. The summed E-state index contributed by atoms with van der Waals surface area (Å²) in [7, 11) is 0. The largest absolute Gasteiger partial charge is 0.458 e. The number of aliphatic hydroxyl groups is 1. The van der Waals surface area contributed by atoms with Gasteiger partial charge < -0.3 is 19.3 Å². The zero-order valence-corrected chi connectivity index (χ0v) is 22.6. The molecule has 0 heterocycles. The highest BCUT2D eigenvalue weighted by Gasteiger charge is 2.70. The van der Waals surface area contributed by atoms with Crippen LogP contribution in [-0.4, -0.2) is 60.1 Å². The van der Waals surface area contributed by atoms with Gasteiger partial charge in [-0.2, -0.15) is 0 Å². The minimum absolute atomic E-state index is 0.00781. The van der Waals surface area contributed by atoms with Crippen molar-refractivity contribution in [2.75, 3.05) is 19.8 Å². The van der Waals surface area contributed by atoms with Gasteiger partial charge in [-0.3, -0.25) is 19.2 Å². The first-order valence-electron chi connectivity index (χ1n) is 13.5. The van der Waals surface area contributed by atoms with Crippen LogP contribution < -0.4 is 0 Å². The monoisotopic (exact) mass is 516 g/mol. The van der Waals surface area contributed by atoms with Gasteiger partial charge in [-0.25, -0.2) is 0 Å². The van der Waals surface area contributed by atoms with E-state index in [0.29, 0.717) is 19.4 Å². The molecule has 0 aromatic rings. The van der Waals surface area contributed by atoms with E-state index in [2.05, 4.69) is 13.8 Å². The van der Waals surface area contributed by atoms with E-state index in [9.17, 15) is 24.3 Å². The zero-order chi connectivity index (χ0) is 27.2. The summed E-state index contributed by atoms with van der Waals surface area (Å²) < 4.78 is 16.5. The number of aliphatic hydroxyl groups excluding tert-OH is 1. The maximum atomic E-state index is 13.7. The molecule has 0 aromatic heterocycles. The first-order valence-corrected chi connectivity index (χ1v) is 13.5. The molecule has 0 saturated heterocycles. The van der Waals surface area contributed by atoms with Crippen LogP contribution in [0.25, 0.3) is 0 Å². The second kappa shape index (κ2) is 10.1. The van der Waals surface area contributed by atoms with Gasteiger partial charge in [0, 0.05) is 30.3 Å². The van der Waals surface area contributed by atoms with Gasteiger partial charge >= 0.3 is 11.9 Å². The van der Waals surface area contributed by atoms with E-state index in [4.69, 9.17) is 14.2 Å². The smallest absolute Gasteiger partial charge is 0.309 e. The SMILES string of the molecule is CCOCCC(=O)O[C@]1(C(=O)COC(C)=O)CC[C@H]2[C@@H]3CC(C)C4=CC(=O)C=C[C@]4(C)[C@H]3C(O)C[C@@]21C. The molecule has 37 heavy (non-hydrogen) atoms. The summed E-state index contributed by atoms with van der Waals surface area (Å²) in [6, 6.07) is 0. The van der Waals surface area contributed by atoms with Crippen LogP contribution in [0, 0.1) is 34.5 Å². The minimum Gasteiger partial charge on any atom is -0.458 e. The lowest BCUT2D eigenvalue weighted by molar-refractivity contribution is -0.202. The molecule has 4 rings (SSSR count). The Morgan fingerprint density at radius 3 is 2.62 bits per heavy atom. The van der Waals surface area contributed by atoms with Gasteiger partial charge in [0.05, 0.1) is 19.1 Å². The molecule has 8 nitrogen and oxygen atoms in total. The second-order valence-electron chi connectivity index (χ2n) is 11.7. The number of rotatable bonds is 8. The van der Waals surface area contributed by atoms with Crippen molar-refractivity contribution in [3.8, 4) is 0 Å². The fourth-order valence-corrected chi connectivity index (χ4v) is 8.25. The van der Waals surface area contributed by atoms with E-state index in [1.54, 1.807) is 12.2 Å². The molecule has 0 aromatic carbocycles. The van der Waals surface area contributed by atoms with Crippen LogP contribution in [0.15, 0.2) is 23.8 Å². The topological polar surface area (TPSA) is 116 Å². The van der Waals surface area contributed by atoms with Crippen LogP contribution >= 0.6 is 0 Å². The maximum absolute atomic E-state index is 13.7. The van der Waals surface area contributed by atoms with E-state index < -0.39 is 46.9 Å². The van der Waals surface area contributed by atoms with E-state index >= 15 is 0 Å². The van der Waals surface area contributed by atoms with Crippen molar-refractivity contribution in [2.45, 2.75) is 78.4 Å². The van der Waals surface area contributed by atoms with Crippen molar-refractivity contribution in [3.63, 3.8) is 0 Å². The number of ketones is 2. The Morgan fingerprint density at radius 2 is 1.95 bits per heavy atom. The number of hydrogen-bond donors (Lipinski definition) is 1. The van der Waals surface area contributed by atoms with E-state index in [0.717, 1.165) is 12.0 Å². The molecule has 3 fully saturated rings. The normalized spacial score (nSPS) is 40.2. The predicted octanol–water partition coefficient (Wildman–Crippen LogP) is 3.35. The highest BCUT2D eigenvalue weighted by molar-refractivity contribution is 6.01. The number of hydrogen-bond acceptors (Lipinski definition) is 8. The number of ether oxygens (including phenoxy) is 3. The summed E-state index contributed by atoms with van der Waals surface area (Å²) in [5.41, 5.74) is -1.74. The van der Waals surface area contributed by atoms with Crippen molar-refractivity contribution >= 4 is 23.5 Å². The third-order valence-electron chi connectivity index (χ3n) is 9.74. The molecule has 2 unspecified atom stereocenters. The molecule has 204 valence electrons. The average Bonchev–Trinajstić information content (AvgIpc) is 3.11. The summed E-state index contributed by atoms with van der Waals surface area (Å²) >= 11 is 0. The lowest BCUT2D eigenvalue weighted by atomic mass is 9.44. The van der Waals surface area contributed by atoms with Gasteiger partial charge in [-0.15, -0.1) is 0 Å². The Balaban J connectivity index is 1.71. The molecule has 3 saturated carbocycles. The summed E-state index contributed by atoms with van der Waals surface area (Å²) in [4.78, 5) is 50.4. The van der Waals surface area contributed by atoms with Gasteiger partial charge in [0.25, 0.3) is 0 Å². The van der Waals surface area contributed by atoms with Crippen LogP contribution in [-0.2, 0) is 33.4 Å². The highest BCUT2D eigenvalue weighted by Crippen LogP contribution is 2.68. The molecular weight excluding hydrogens is 476 g/mol. The third kappa shape index (κ3) is 4.50. The molecule has 0 aliphatic heterocycles. The number of allylic oxidation sites excluding steroid dienone is 4. The minimum atomic E-state index is -1.50. The molecule has 0 amide bonds. The van der Waals surface area contributed by atoms with Crippen LogP contribution in [0.3, 0.4) is 0 Å². The number of carbonyl (C=O) groups is 4. The van der Waals surface area contributed by atoms with Crippen molar-refractivity contribution in [1.82, 2.24) is 0 Å².